The summed E-state index contributed by atoms with van der Waals surface area (Å²) in [4.78, 5) is 17.4. The van der Waals surface area contributed by atoms with Crippen LogP contribution in [0.2, 0.25) is 0 Å². The number of methoxy groups -OCH3 is 4. The molecule has 0 aliphatic carbocycles. The van der Waals surface area contributed by atoms with Gasteiger partial charge in [-0.05, 0) is 63.6 Å². The third-order valence-corrected chi connectivity index (χ3v) is 5.89. The Morgan fingerprint density at radius 2 is 1.61 bits per heavy atom. The molecule has 1 aromatic heterocycles. The number of rotatable bonds is 9. The Balaban J connectivity index is 2.00. The Hall–Kier alpha value is -3.99. The van der Waals surface area contributed by atoms with Crippen molar-refractivity contribution in [2.24, 2.45) is 10.1 Å². The van der Waals surface area contributed by atoms with E-state index in [0.717, 1.165) is 16.8 Å². The monoisotopic (exact) mass is 543 g/mol. The molecule has 0 N–H and O–H groups in total. The largest absolute Gasteiger partial charge is 0.514 e. The molecule has 0 amide bonds. The summed E-state index contributed by atoms with van der Waals surface area (Å²) < 4.78 is 34.2. The number of thiazole rings is 1. The maximum Gasteiger partial charge on any atom is 0.514 e. The van der Waals surface area contributed by atoms with E-state index in [0.29, 0.717) is 34.3 Å². The van der Waals surface area contributed by atoms with Crippen LogP contribution >= 0.6 is 11.3 Å². The summed E-state index contributed by atoms with van der Waals surface area (Å²) >= 11 is 1.46. The van der Waals surface area contributed by atoms with Crippen molar-refractivity contribution in [1.29, 1.82) is 0 Å². The van der Waals surface area contributed by atoms with Crippen molar-refractivity contribution in [2.45, 2.75) is 33.3 Å². The van der Waals surface area contributed by atoms with E-state index in [1.807, 2.05) is 24.4 Å². The molecular weight excluding hydrogens is 510 g/mol. The number of ether oxygens (including phenoxy) is 6. The number of nitrogens with zero attached hydrogens (tertiary/aromatic N) is 3. The van der Waals surface area contributed by atoms with E-state index in [1.54, 1.807) is 71.2 Å². The third-order valence-electron chi connectivity index (χ3n) is 5.03. The molecule has 10 nitrogen and oxygen atoms in total. The van der Waals surface area contributed by atoms with E-state index >= 15 is 0 Å². The minimum absolute atomic E-state index is 0.238. The highest BCUT2D eigenvalue weighted by Gasteiger charge is 2.20. The van der Waals surface area contributed by atoms with Gasteiger partial charge in [0.1, 0.15) is 5.60 Å². The number of hydrogen-bond donors (Lipinski definition) is 0. The van der Waals surface area contributed by atoms with Gasteiger partial charge in [-0.2, -0.15) is 5.10 Å². The summed E-state index contributed by atoms with van der Waals surface area (Å²) in [6, 6.07) is 8.81. The Morgan fingerprint density at radius 3 is 2.16 bits per heavy atom. The highest BCUT2D eigenvalue weighted by molar-refractivity contribution is 7.07. The van der Waals surface area contributed by atoms with Crippen LogP contribution in [0.5, 0.6) is 28.7 Å². The second-order valence-electron chi connectivity index (χ2n) is 8.83. The molecule has 0 unspecified atom stereocenters. The Morgan fingerprint density at radius 1 is 0.947 bits per heavy atom. The number of hydrogen-bond acceptors (Lipinski definition) is 10. The van der Waals surface area contributed by atoms with Crippen LogP contribution in [-0.2, 0) is 4.74 Å². The van der Waals surface area contributed by atoms with E-state index < -0.39 is 11.8 Å². The number of carbonyl (C=O) groups excluding carboxylic acids is 1. The first-order valence-corrected chi connectivity index (χ1v) is 12.7. The van der Waals surface area contributed by atoms with E-state index in [2.05, 4.69) is 4.99 Å². The fraction of sp³-hybridized carbons (Fsp3) is 0.370. The molecule has 0 atom stereocenters. The van der Waals surface area contributed by atoms with E-state index in [1.165, 1.54) is 18.4 Å². The fourth-order valence-electron chi connectivity index (χ4n) is 3.42. The van der Waals surface area contributed by atoms with Crippen molar-refractivity contribution in [3.8, 4) is 40.0 Å². The number of benzene rings is 2. The molecular formula is C27H33N3O7S. The topological polar surface area (TPSA) is 102 Å². The maximum absolute atomic E-state index is 12.1. The van der Waals surface area contributed by atoms with Crippen LogP contribution < -0.4 is 28.5 Å². The standard InChI is InChI=1S/C27H33N3O7S/c1-9-28-25-30(19(16-38-25)18-13-22(33-6)24(35-8)23(14-18)34-7)29-15-17-10-11-20(21(12-17)32-5)36-26(31)37-27(2,3)4/h10-16H,9H2,1-8H3. The summed E-state index contributed by atoms with van der Waals surface area (Å²) in [5.74, 6) is 2.16. The van der Waals surface area contributed by atoms with Crippen LogP contribution in [0.25, 0.3) is 11.3 Å². The molecule has 3 rings (SSSR count). The van der Waals surface area contributed by atoms with Crippen LogP contribution in [0, 0.1) is 0 Å². The zero-order valence-corrected chi connectivity index (χ0v) is 23.7. The molecule has 38 heavy (non-hydrogen) atoms. The van der Waals surface area contributed by atoms with Crippen molar-refractivity contribution in [3.63, 3.8) is 0 Å². The molecule has 2 aromatic carbocycles. The molecule has 0 saturated carbocycles. The van der Waals surface area contributed by atoms with Crippen molar-refractivity contribution >= 4 is 23.7 Å². The van der Waals surface area contributed by atoms with E-state index in [-0.39, 0.29) is 5.75 Å². The Bertz CT molecular complexity index is 1340. The second kappa shape index (κ2) is 12.5. The van der Waals surface area contributed by atoms with Crippen LogP contribution in [0.15, 0.2) is 45.8 Å². The summed E-state index contributed by atoms with van der Waals surface area (Å²) in [6.07, 6.45) is 0.856. The lowest BCUT2D eigenvalue weighted by atomic mass is 10.1. The first-order chi connectivity index (χ1) is 18.1. The molecule has 204 valence electrons. The van der Waals surface area contributed by atoms with Gasteiger partial charge in [0.05, 0.1) is 40.3 Å². The first kappa shape index (κ1) is 28.6. The van der Waals surface area contributed by atoms with Crippen molar-refractivity contribution in [2.75, 3.05) is 35.0 Å². The summed E-state index contributed by atoms with van der Waals surface area (Å²) in [7, 11) is 6.20. The Labute approximate surface area is 226 Å². The summed E-state index contributed by atoms with van der Waals surface area (Å²) in [5, 5.41) is 6.67. The number of aromatic nitrogens is 1. The average Bonchev–Trinajstić information content (AvgIpc) is 3.28. The molecule has 0 saturated heterocycles. The quantitative estimate of drug-likeness (QED) is 0.203. The second-order valence-corrected chi connectivity index (χ2v) is 9.66. The molecule has 0 fully saturated rings. The zero-order chi connectivity index (χ0) is 27.9. The maximum atomic E-state index is 12.1. The van der Waals surface area contributed by atoms with Gasteiger partial charge in [0.2, 0.25) is 10.6 Å². The van der Waals surface area contributed by atoms with Crippen molar-refractivity contribution < 1.29 is 33.2 Å². The van der Waals surface area contributed by atoms with Crippen LogP contribution in [0.3, 0.4) is 0 Å². The lowest BCUT2D eigenvalue weighted by Gasteiger charge is -2.19. The van der Waals surface area contributed by atoms with Gasteiger partial charge < -0.3 is 28.4 Å². The van der Waals surface area contributed by atoms with E-state index in [4.69, 9.17) is 33.5 Å². The predicted molar refractivity (Wildman–Crippen MR) is 146 cm³/mol. The zero-order valence-electron chi connectivity index (χ0n) is 22.9. The molecule has 1 heterocycles. The van der Waals surface area contributed by atoms with Gasteiger partial charge in [0.25, 0.3) is 0 Å². The summed E-state index contributed by atoms with van der Waals surface area (Å²) in [6.45, 7) is 7.84. The molecule has 0 radical (unpaired) electrons. The van der Waals surface area contributed by atoms with Gasteiger partial charge in [-0.25, -0.2) is 9.47 Å². The van der Waals surface area contributed by atoms with Crippen molar-refractivity contribution in [3.05, 3.63) is 46.1 Å². The predicted octanol–water partition coefficient (Wildman–Crippen LogP) is 5.37. The first-order valence-electron chi connectivity index (χ1n) is 11.8. The number of carbonyl (C=O) groups is 1. The lowest BCUT2D eigenvalue weighted by molar-refractivity contribution is 0.0201. The molecule has 0 spiro atoms. The molecule has 0 bridgehead atoms. The normalized spacial score (nSPS) is 11.9. The summed E-state index contributed by atoms with van der Waals surface area (Å²) in [5.41, 5.74) is 1.64. The van der Waals surface area contributed by atoms with Crippen LogP contribution in [-0.4, -0.2) is 57.6 Å². The van der Waals surface area contributed by atoms with Gasteiger partial charge >= 0.3 is 6.16 Å². The van der Waals surface area contributed by atoms with Gasteiger partial charge in [0.15, 0.2) is 23.0 Å². The average molecular weight is 544 g/mol. The van der Waals surface area contributed by atoms with Crippen molar-refractivity contribution in [1.82, 2.24) is 4.68 Å². The molecule has 0 aliphatic heterocycles. The SMILES string of the molecule is CCN=c1scc(-c2cc(OC)c(OC)c(OC)c2)n1N=Cc1ccc(OC(=O)OC(C)(C)C)c(OC)c1. The lowest BCUT2D eigenvalue weighted by Crippen LogP contribution is -2.26. The van der Waals surface area contributed by atoms with Gasteiger partial charge in [0, 0.05) is 17.5 Å². The minimum Gasteiger partial charge on any atom is -0.493 e. The molecule has 0 aliphatic rings. The highest BCUT2D eigenvalue weighted by atomic mass is 32.1. The molecule has 11 heteroatoms. The van der Waals surface area contributed by atoms with Gasteiger partial charge in [-0.1, -0.05) is 0 Å². The van der Waals surface area contributed by atoms with Crippen LogP contribution in [0.1, 0.15) is 33.3 Å². The Kier molecular flexibility index (Phi) is 9.40. The third kappa shape index (κ3) is 6.86. The van der Waals surface area contributed by atoms with Gasteiger partial charge in [-0.15, -0.1) is 11.3 Å². The minimum atomic E-state index is -0.813. The van der Waals surface area contributed by atoms with Gasteiger partial charge in [-0.3, -0.25) is 4.99 Å². The highest BCUT2D eigenvalue weighted by Crippen LogP contribution is 2.41. The van der Waals surface area contributed by atoms with E-state index in [9.17, 15) is 4.79 Å². The smallest absolute Gasteiger partial charge is 0.493 e. The van der Waals surface area contributed by atoms with Crippen LogP contribution in [0.4, 0.5) is 4.79 Å². The fourth-order valence-corrected chi connectivity index (χ4v) is 4.32. The molecule has 3 aromatic rings.